The van der Waals surface area contributed by atoms with Crippen LogP contribution in [0.4, 0.5) is 5.69 Å². The number of benzene rings is 1. The molecular formula is C16H25N3O. The summed E-state index contributed by atoms with van der Waals surface area (Å²) in [5, 5.41) is 0. The van der Waals surface area contributed by atoms with Gasteiger partial charge in [-0.3, -0.25) is 0 Å². The lowest BCUT2D eigenvalue weighted by Gasteiger charge is -2.11. The zero-order valence-electron chi connectivity index (χ0n) is 12.7. The normalized spacial score (nSPS) is 11.6. The van der Waals surface area contributed by atoms with E-state index in [4.69, 9.17) is 15.5 Å². The van der Waals surface area contributed by atoms with E-state index in [-0.39, 0.29) is 0 Å². The van der Waals surface area contributed by atoms with Gasteiger partial charge >= 0.3 is 0 Å². The smallest absolute Gasteiger partial charge is 0.112 e. The molecule has 110 valence electrons. The van der Waals surface area contributed by atoms with Crippen molar-refractivity contribution in [2.45, 2.75) is 46.1 Å². The van der Waals surface area contributed by atoms with E-state index in [2.05, 4.69) is 31.4 Å². The maximum atomic E-state index is 5.85. The average Bonchev–Trinajstić information content (AvgIpc) is 2.76. The topological polar surface area (TPSA) is 53.1 Å². The van der Waals surface area contributed by atoms with Gasteiger partial charge in [-0.05, 0) is 31.0 Å². The minimum absolute atomic E-state index is 0.403. The molecule has 0 radical (unpaired) electrons. The fourth-order valence-corrected chi connectivity index (χ4v) is 2.41. The molecule has 1 aromatic heterocycles. The summed E-state index contributed by atoms with van der Waals surface area (Å²) in [6.07, 6.45) is 2.08. The number of aromatic nitrogens is 2. The van der Waals surface area contributed by atoms with Crippen molar-refractivity contribution in [1.29, 1.82) is 0 Å². The predicted molar refractivity (Wildman–Crippen MR) is 84.0 cm³/mol. The van der Waals surface area contributed by atoms with E-state index in [1.165, 1.54) is 5.52 Å². The van der Waals surface area contributed by atoms with Gasteiger partial charge in [0.2, 0.25) is 0 Å². The van der Waals surface area contributed by atoms with Crippen LogP contribution in [0.3, 0.4) is 0 Å². The van der Waals surface area contributed by atoms with Crippen LogP contribution < -0.4 is 5.73 Å². The molecule has 2 rings (SSSR count). The Bertz CT molecular complexity index is 560. The molecule has 0 saturated heterocycles. The SMILES string of the molecule is CCCOCCCn1c(C(C)C)nc2cc(N)ccc21. The number of ether oxygens (including phenoxy) is 1. The van der Waals surface area contributed by atoms with E-state index in [9.17, 15) is 0 Å². The third-order valence-electron chi connectivity index (χ3n) is 3.34. The van der Waals surface area contributed by atoms with E-state index >= 15 is 0 Å². The third kappa shape index (κ3) is 3.31. The zero-order valence-corrected chi connectivity index (χ0v) is 12.7. The van der Waals surface area contributed by atoms with E-state index in [0.29, 0.717) is 5.92 Å². The Morgan fingerprint density at radius 3 is 2.80 bits per heavy atom. The number of hydrogen-bond acceptors (Lipinski definition) is 3. The fraction of sp³-hybridized carbons (Fsp3) is 0.562. The van der Waals surface area contributed by atoms with E-state index in [1.807, 2.05) is 12.1 Å². The van der Waals surface area contributed by atoms with Crippen molar-refractivity contribution in [3.8, 4) is 0 Å². The Morgan fingerprint density at radius 1 is 1.30 bits per heavy atom. The molecule has 0 aliphatic heterocycles. The minimum Gasteiger partial charge on any atom is -0.399 e. The average molecular weight is 275 g/mol. The largest absolute Gasteiger partial charge is 0.399 e. The molecule has 0 atom stereocenters. The van der Waals surface area contributed by atoms with Crippen molar-refractivity contribution in [3.63, 3.8) is 0 Å². The van der Waals surface area contributed by atoms with Crippen molar-refractivity contribution in [2.24, 2.45) is 0 Å². The first-order valence-corrected chi connectivity index (χ1v) is 7.47. The van der Waals surface area contributed by atoms with Gasteiger partial charge < -0.3 is 15.0 Å². The van der Waals surface area contributed by atoms with Crippen molar-refractivity contribution >= 4 is 16.7 Å². The van der Waals surface area contributed by atoms with Gasteiger partial charge in [-0.2, -0.15) is 0 Å². The molecule has 0 aliphatic rings. The van der Waals surface area contributed by atoms with Crippen molar-refractivity contribution < 1.29 is 4.74 Å². The molecule has 0 aliphatic carbocycles. The second-order valence-electron chi connectivity index (χ2n) is 5.49. The number of nitrogen functional groups attached to an aromatic ring is 1. The van der Waals surface area contributed by atoms with Gasteiger partial charge in [-0.25, -0.2) is 4.98 Å². The molecule has 2 N–H and O–H groups in total. The van der Waals surface area contributed by atoms with Crippen molar-refractivity contribution in [1.82, 2.24) is 9.55 Å². The van der Waals surface area contributed by atoms with E-state index in [1.54, 1.807) is 0 Å². The van der Waals surface area contributed by atoms with Crippen LogP contribution in [0.2, 0.25) is 0 Å². The van der Waals surface area contributed by atoms with Gasteiger partial charge in [-0.15, -0.1) is 0 Å². The number of aryl methyl sites for hydroxylation is 1. The summed E-state index contributed by atoms with van der Waals surface area (Å²) in [7, 11) is 0. The van der Waals surface area contributed by atoms with Crippen LogP contribution in [0.1, 0.15) is 45.4 Å². The molecule has 4 nitrogen and oxygen atoms in total. The molecular weight excluding hydrogens is 250 g/mol. The highest BCUT2D eigenvalue weighted by Crippen LogP contribution is 2.23. The first-order chi connectivity index (χ1) is 9.63. The number of nitrogens with two attached hydrogens (primary N) is 1. The molecule has 0 amide bonds. The number of imidazole rings is 1. The van der Waals surface area contributed by atoms with Gasteiger partial charge in [0.1, 0.15) is 5.82 Å². The molecule has 20 heavy (non-hydrogen) atoms. The predicted octanol–water partition coefficient (Wildman–Crippen LogP) is 3.56. The summed E-state index contributed by atoms with van der Waals surface area (Å²) in [6, 6.07) is 5.96. The number of rotatable bonds is 7. The lowest BCUT2D eigenvalue weighted by molar-refractivity contribution is 0.129. The Labute approximate surface area is 120 Å². The Balaban J connectivity index is 2.18. The first kappa shape index (κ1) is 14.9. The minimum atomic E-state index is 0.403. The Morgan fingerprint density at radius 2 is 2.10 bits per heavy atom. The third-order valence-corrected chi connectivity index (χ3v) is 3.34. The van der Waals surface area contributed by atoms with E-state index in [0.717, 1.165) is 49.6 Å². The maximum absolute atomic E-state index is 5.85. The van der Waals surface area contributed by atoms with Crippen LogP contribution in [-0.2, 0) is 11.3 Å². The maximum Gasteiger partial charge on any atom is 0.112 e. The van der Waals surface area contributed by atoms with Crippen LogP contribution in [-0.4, -0.2) is 22.8 Å². The quantitative estimate of drug-likeness (QED) is 0.621. The monoisotopic (exact) mass is 275 g/mol. The summed E-state index contributed by atoms with van der Waals surface area (Å²) < 4.78 is 7.86. The highest BCUT2D eigenvalue weighted by Gasteiger charge is 2.13. The Kier molecular flexibility index (Phi) is 5.01. The number of hydrogen-bond donors (Lipinski definition) is 1. The molecule has 1 aromatic carbocycles. The first-order valence-electron chi connectivity index (χ1n) is 7.47. The summed E-state index contributed by atoms with van der Waals surface area (Å²) in [6.45, 7) is 9.07. The molecule has 0 fully saturated rings. The highest BCUT2D eigenvalue weighted by atomic mass is 16.5. The van der Waals surface area contributed by atoms with Crippen molar-refractivity contribution in [2.75, 3.05) is 18.9 Å². The van der Waals surface area contributed by atoms with Gasteiger partial charge in [0.25, 0.3) is 0 Å². The lowest BCUT2D eigenvalue weighted by atomic mass is 10.2. The summed E-state index contributed by atoms with van der Waals surface area (Å²) in [5.41, 5.74) is 8.77. The standard InChI is InChI=1S/C16H25N3O/c1-4-9-20-10-5-8-19-15-7-6-13(17)11-14(15)18-16(19)12(2)3/h6-7,11-12H,4-5,8-10,17H2,1-3H3. The number of nitrogens with zero attached hydrogens (tertiary/aromatic N) is 2. The molecule has 0 bridgehead atoms. The second-order valence-corrected chi connectivity index (χ2v) is 5.49. The molecule has 0 spiro atoms. The number of anilines is 1. The summed E-state index contributed by atoms with van der Waals surface area (Å²) in [5.74, 6) is 1.53. The molecule has 4 heteroatoms. The van der Waals surface area contributed by atoms with Crippen LogP contribution in [0, 0.1) is 0 Å². The molecule has 1 heterocycles. The van der Waals surface area contributed by atoms with Crippen LogP contribution in [0.15, 0.2) is 18.2 Å². The zero-order chi connectivity index (χ0) is 14.5. The van der Waals surface area contributed by atoms with Crippen LogP contribution in [0.5, 0.6) is 0 Å². The Hall–Kier alpha value is -1.55. The number of fused-ring (bicyclic) bond motifs is 1. The van der Waals surface area contributed by atoms with Gasteiger partial charge in [0.05, 0.1) is 11.0 Å². The fourth-order valence-electron chi connectivity index (χ4n) is 2.41. The van der Waals surface area contributed by atoms with E-state index < -0.39 is 0 Å². The van der Waals surface area contributed by atoms with Gasteiger partial charge in [0.15, 0.2) is 0 Å². The summed E-state index contributed by atoms with van der Waals surface area (Å²) >= 11 is 0. The van der Waals surface area contributed by atoms with Crippen molar-refractivity contribution in [3.05, 3.63) is 24.0 Å². The molecule has 0 saturated carbocycles. The summed E-state index contributed by atoms with van der Waals surface area (Å²) in [4.78, 5) is 4.73. The highest BCUT2D eigenvalue weighted by molar-refractivity contribution is 5.79. The van der Waals surface area contributed by atoms with Crippen LogP contribution in [0.25, 0.3) is 11.0 Å². The second kappa shape index (κ2) is 6.75. The van der Waals surface area contributed by atoms with Gasteiger partial charge in [-0.1, -0.05) is 20.8 Å². The lowest BCUT2D eigenvalue weighted by Crippen LogP contribution is -2.08. The van der Waals surface area contributed by atoms with Gasteiger partial charge in [0, 0.05) is 31.4 Å². The molecule has 0 unspecified atom stereocenters. The van der Waals surface area contributed by atoms with Crippen LogP contribution >= 0.6 is 0 Å². The molecule has 2 aromatic rings.